The summed E-state index contributed by atoms with van der Waals surface area (Å²) in [6.45, 7) is 1.14. The van der Waals surface area contributed by atoms with E-state index < -0.39 is 6.03 Å². The van der Waals surface area contributed by atoms with Crippen molar-refractivity contribution in [3.63, 3.8) is 0 Å². The van der Waals surface area contributed by atoms with Crippen molar-refractivity contribution in [2.45, 2.75) is 32.0 Å². The molecule has 2 aromatic carbocycles. The van der Waals surface area contributed by atoms with Crippen LogP contribution in [0.25, 0.3) is 0 Å². The zero-order chi connectivity index (χ0) is 25.3. The maximum absolute atomic E-state index is 13.5. The molecule has 8 nitrogen and oxygen atoms in total. The molecule has 2 heterocycles. The summed E-state index contributed by atoms with van der Waals surface area (Å²) in [7, 11) is 0. The Labute approximate surface area is 208 Å². The van der Waals surface area contributed by atoms with Crippen molar-refractivity contribution < 1.29 is 23.1 Å². The van der Waals surface area contributed by atoms with Crippen molar-refractivity contribution in [2.24, 2.45) is 0 Å². The Hall–Kier alpha value is -4.16. The highest BCUT2D eigenvalue weighted by Crippen LogP contribution is 2.17. The predicted molar refractivity (Wildman–Crippen MR) is 130 cm³/mol. The van der Waals surface area contributed by atoms with Crippen molar-refractivity contribution in [1.29, 1.82) is 5.26 Å². The largest absolute Gasteiger partial charge is 0.467 e. The minimum Gasteiger partial charge on any atom is -0.467 e. The Bertz CT molecular complexity index is 1180. The Morgan fingerprint density at radius 2 is 1.83 bits per heavy atom. The first kappa shape index (κ1) is 24.9. The van der Waals surface area contributed by atoms with Gasteiger partial charge in [-0.15, -0.1) is 0 Å². The van der Waals surface area contributed by atoms with E-state index in [-0.39, 0.29) is 44.0 Å². The van der Waals surface area contributed by atoms with E-state index in [1.807, 2.05) is 6.07 Å². The lowest BCUT2D eigenvalue weighted by Crippen LogP contribution is -2.46. The average molecular weight is 491 g/mol. The monoisotopic (exact) mass is 490 g/mol. The number of urea groups is 1. The van der Waals surface area contributed by atoms with Crippen LogP contribution < -0.4 is 5.32 Å². The molecule has 1 fully saturated rings. The standard InChI is InChI=1S/C27H27FN4O4/c28-22-9-5-21(6-10-22)16-31(17-24-3-1-13-35-24)26(33)19-32(18-25-4-2-14-36-25)27(34)30-23-11-7-20(15-29)8-12-23/h1,3,5-13,25H,2,4,14,16-19H2,(H,30,34). The number of hydrogen-bond acceptors (Lipinski definition) is 5. The number of nitriles is 1. The van der Waals surface area contributed by atoms with E-state index in [2.05, 4.69) is 5.32 Å². The number of anilines is 1. The SMILES string of the molecule is N#Cc1ccc(NC(=O)N(CC(=O)N(Cc2ccc(F)cc2)Cc2ccco2)CC2CCCO2)cc1. The molecule has 3 aromatic rings. The molecular formula is C27H27FN4O4. The van der Waals surface area contributed by atoms with Gasteiger partial charge in [-0.1, -0.05) is 12.1 Å². The van der Waals surface area contributed by atoms with Gasteiger partial charge < -0.3 is 24.3 Å². The first-order valence-electron chi connectivity index (χ1n) is 11.7. The number of nitrogens with zero attached hydrogens (tertiary/aromatic N) is 3. The average Bonchev–Trinajstić information content (AvgIpc) is 3.59. The lowest BCUT2D eigenvalue weighted by atomic mass is 10.2. The van der Waals surface area contributed by atoms with Gasteiger partial charge in [-0.05, 0) is 66.9 Å². The van der Waals surface area contributed by atoms with Crippen LogP contribution in [0.4, 0.5) is 14.9 Å². The fraction of sp³-hybridized carbons (Fsp3) is 0.296. The summed E-state index contributed by atoms with van der Waals surface area (Å²) in [5, 5.41) is 11.8. The maximum Gasteiger partial charge on any atom is 0.322 e. The first-order valence-corrected chi connectivity index (χ1v) is 11.7. The molecule has 1 aliphatic heterocycles. The number of nitrogens with one attached hydrogen (secondary N) is 1. The first-order chi connectivity index (χ1) is 17.5. The van der Waals surface area contributed by atoms with Gasteiger partial charge in [-0.2, -0.15) is 5.26 Å². The fourth-order valence-corrected chi connectivity index (χ4v) is 3.98. The minimum absolute atomic E-state index is 0.153. The molecule has 0 aliphatic carbocycles. The molecule has 9 heteroatoms. The highest BCUT2D eigenvalue weighted by Gasteiger charge is 2.27. The number of hydrogen-bond donors (Lipinski definition) is 1. The van der Waals surface area contributed by atoms with E-state index in [1.54, 1.807) is 53.4 Å². The van der Waals surface area contributed by atoms with Crippen molar-refractivity contribution in [1.82, 2.24) is 9.80 Å². The number of carbonyl (C=O) groups is 2. The van der Waals surface area contributed by atoms with Crippen LogP contribution in [-0.4, -0.2) is 47.5 Å². The Balaban J connectivity index is 1.50. The highest BCUT2D eigenvalue weighted by atomic mass is 19.1. The summed E-state index contributed by atoms with van der Waals surface area (Å²) in [5.41, 5.74) is 1.75. The van der Waals surface area contributed by atoms with Crippen molar-refractivity contribution in [2.75, 3.05) is 25.0 Å². The summed E-state index contributed by atoms with van der Waals surface area (Å²) >= 11 is 0. The number of amides is 3. The molecule has 186 valence electrons. The summed E-state index contributed by atoms with van der Waals surface area (Å²) in [6.07, 6.45) is 3.09. The molecule has 4 rings (SSSR count). The highest BCUT2D eigenvalue weighted by molar-refractivity contribution is 5.92. The fourth-order valence-electron chi connectivity index (χ4n) is 3.98. The second-order valence-electron chi connectivity index (χ2n) is 8.59. The van der Waals surface area contributed by atoms with E-state index in [4.69, 9.17) is 14.4 Å². The van der Waals surface area contributed by atoms with Gasteiger partial charge in [0.2, 0.25) is 5.91 Å². The van der Waals surface area contributed by atoms with E-state index in [0.29, 0.717) is 23.6 Å². The quantitative estimate of drug-likeness (QED) is 0.475. The minimum atomic E-state index is -0.441. The van der Waals surface area contributed by atoms with Gasteiger partial charge in [0.1, 0.15) is 18.1 Å². The molecule has 1 saturated heterocycles. The van der Waals surface area contributed by atoms with Crippen LogP contribution in [0.3, 0.4) is 0 Å². The molecule has 1 N–H and O–H groups in total. The third kappa shape index (κ3) is 6.93. The van der Waals surface area contributed by atoms with Gasteiger partial charge in [0.25, 0.3) is 0 Å². The third-order valence-corrected chi connectivity index (χ3v) is 5.89. The van der Waals surface area contributed by atoms with Crippen LogP contribution in [0.1, 0.15) is 29.7 Å². The number of halogens is 1. The molecule has 1 aliphatic rings. The lowest BCUT2D eigenvalue weighted by molar-refractivity contribution is -0.133. The van der Waals surface area contributed by atoms with Gasteiger partial charge in [0.15, 0.2) is 0 Å². The second kappa shape index (κ2) is 12.0. The smallest absolute Gasteiger partial charge is 0.322 e. The normalized spacial score (nSPS) is 14.7. The van der Waals surface area contributed by atoms with Gasteiger partial charge in [0.05, 0.1) is 30.5 Å². The second-order valence-corrected chi connectivity index (χ2v) is 8.59. The van der Waals surface area contributed by atoms with Crippen LogP contribution in [0.15, 0.2) is 71.3 Å². The lowest BCUT2D eigenvalue weighted by Gasteiger charge is -2.29. The van der Waals surface area contributed by atoms with Crippen molar-refractivity contribution in [3.05, 3.63) is 89.6 Å². The molecule has 36 heavy (non-hydrogen) atoms. The number of rotatable bonds is 9. The van der Waals surface area contributed by atoms with E-state index in [9.17, 15) is 14.0 Å². The molecule has 1 unspecified atom stereocenters. The van der Waals surface area contributed by atoms with Crippen LogP contribution in [-0.2, 0) is 22.6 Å². The molecule has 0 bridgehead atoms. The van der Waals surface area contributed by atoms with Crippen molar-refractivity contribution in [3.8, 4) is 6.07 Å². The third-order valence-electron chi connectivity index (χ3n) is 5.89. The summed E-state index contributed by atoms with van der Waals surface area (Å²) in [6, 6.07) is 17.6. The van der Waals surface area contributed by atoms with Crippen LogP contribution >= 0.6 is 0 Å². The number of benzene rings is 2. The van der Waals surface area contributed by atoms with Gasteiger partial charge >= 0.3 is 6.03 Å². The molecule has 0 saturated carbocycles. The predicted octanol–water partition coefficient (Wildman–Crippen LogP) is 4.53. The molecule has 0 radical (unpaired) electrons. The Morgan fingerprint density at radius 1 is 1.06 bits per heavy atom. The van der Waals surface area contributed by atoms with Crippen molar-refractivity contribution >= 4 is 17.6 Å². The molecule has 1 atom stereocenters. The number of furan rings is 1. The summed E-state index contributed by atoms with van der Waals surface area (Å²) in [5.74, 6) is -0.0493. The molecule has 1 aromatic heterocycles. The number of ether oxygens (including phenoxy) is 1. The number of carbonyl (C=O) groups excluding carboxylic acids is 2. The molecule has 3 amide bonds. The van der Waals surface area contributed by atoms with Gasteiger partial charge in [0, 0.05) is 25.4 Å². The zero-order valence-electron chi connectivity index (χ0n) is 19.7. The van der Waals surface area contributed by atoms with Crippen LogP contribution in [0.2, 0.25) is 0 Å². The maximum atomic E-state index is 13.5. The Morgan fingerprint density at radius 3 is 2.47 bits per heavy atom. The molecule has 0 spiro atoms. The summed E-state index contributed by atoms with van der Waals surface area (Å²) in [4.78, 5) is 29.7. The van der Waals surface area contributed by atoms with E-state index in [0.717, 1.165) is 18.4 Å². The molecular weight excluding hydrogens is 463 g/mol. The van der Waals surface area contributed by atoms with Gasteiger partial charge in [-0.3, -0.25) is 4.79 Å². The summed E-state index contributed by atoms with van der Waals surface area (Å²) < 4.78 is 24.5. The zero-order valence-corrected chi connectivity index (χ0v) is 19.7. The Kier molecular flexibility index (Phi) is 8.32. The van der Waals surface area contributed by atoms with Crippen LogP contribution in [0.5, 0.6) is 0 Å². The topological polar surface area (TPSA) is 98.8 Å². The van der Waals surface area contributed by atoms with Crippen LogP contribution in [0, 0.1) is 17.1 Å². The van der Waals surface area contributed by atoms with E-state index in [1.165, 1.54) is 23.3 Å². The van der Waals surface area contributed by atoms with E-state index >= 15 is 0 Å². The van der Waals surface area contributed by atoms with Gasteiger partial charge in [-0.25, -0.2) is 9.18 Å².